The van der Waals surface area contributed by atoms with Crippen molar-refractivity contribution in [1.82, 2.24) is 0 Å². The van der Waals surface area contributed by atoms with Gasteiger partial charge in [-0.05, 0) is 35.2 Å². The van der Waals surface area contributed by atoms with Crippen LogP contribution in [0.4, 0.5) is 10.1 Å². The highest BCUT2D eigenvalue weighted by Crippen LogP contribution is 2.49. The number of hydrogen-bond donors (Lipinski definition) is 1. The van der Waals surface area contributed by atoms with Crippen molar-refractivity contribution in [2.24, 2.45) is 0 Å². The second kappa shape index (κ2) is 5.29. The van der Waals surface area contributed by atoms with E-state index in [1.807, 2.05) is 41.8 Å². The van der Waals surface area contributed by atoms with Gasteiger partial charge < -0.3 is 10.1 Å². The number of rotatable bonds is 1. The van der Waals surface area contributed by atoms with E-state index in [0.29, 0.717) is 22.6 Å². The Labute approximate surface area is 147 Å². The van der Waals surface area contributed by atoms with Crippen LogP contribution in [0.5, 0.6) is 0 Å². The first-order valence-electron chi connectivity index (χ1n) is 7.87. The van der Waals surface area contributed by atoms with Crippen molar-refractivity contribution >= 4 is 34.3 Å². The van der Waals surface area contributed by atoms with Crippen molar-refractivity contribution in [2.75, 3.05) is 5.32 Å². The summed E-state index contributed by atoms with van der Waals surface area (Å²) in [5.41, 5.74) is 3.48. The van der Waals surface area contributed by atoms with E-state index in [-0.39, 0.29) is 17.8 Å². The molecule has 25 heavy (non-hydrogen) atoms. The minimum absolute atomic E-state index is 0.246. The second-order valence-corrected chi connectivity index (χ2v) is 6.90. The lowest BCUT2D eigenvalue weighted by Gasteiger charge is -2.13. The highest BCUT2D eigenvalue weighted by Gasteiger charge is 2.37. The third kappa shape index (κ3) is 2.13. The number of amides is 1. The molecule has 0 spiro atoms. The van der Waals surface area contributed by atoms with Crippen molar-refractivity contribution in [3.8, 4) is 0 Å². The number of anilines is 1. The standard InChI is InChI=1S/C20H12FNO2S/c21-12-6-7-15-14(10-12)16(20(23)22-15)18-13-8-9-25-19(13)17(24-18)11-4-2-1-3-5-11/h1-10,17H,(H,22,23)/b18-16+. The first kappa shape index (κ1) is 14.4. The third-order valence-electron chi connectivity index (χ3n) is 4.47. The van der Waals surface area contributed by atoms with Crippen LogP contribution in [0, 0.1) is 5.82 Å². The molecule has 1 unspecified atom stereocenters. The van der Waals surface area contributed by atoms with Gasteiger partial charge in [-0.2, -0.15) is 0 Å². The van der Waals surface area contributed by atoms with Gasteiger partial charge in [0.1, 0.15) is 11.6 Å². The molecule has 2 aromatic carbocycles. The zero-order valence-electron chi connectivity index (χ0n) is 13.0. The summed E-state index contributed by atoms with van der Waals surface area (Å²) in [5.74, 6) is -0.120. The van der Waals surface area contributed by atoms with Gasteiger partial charge in [0.05, 0.1) is 10.5 Å². The smallest absolute Gasteiger partial charge is 0.260 e. The first-order valence-corrected chi connectivity index (χ1v) is 8.75. The van der Waals surface area contributed by atoms with E-state index in [4.69, 9.17) is 4.74 Å². The summed E-state index contributed by atoms with van der Waals surface area (Å²) in [6.45, 7) is 0. The molecule has 1 amide bonds. The van der Waals surface area contributed by atoms with Gasteiger partial charge >= 0.3 is 0 Å². The van der Waals surface area contributed by atoms with Gasteiger partial charge in [-0.15, -0.1) is 11.3 Å². The largest absolute Gasteiger partial charge is 0.479 e. The number of carbonyl (C=O) groups excluding carboxylic acids is 1. The van der Waals surface area contributed by atoms with Crippen LogP contribution < -0.4 is 5.32 Å². The fourth-order valence-electron chi connectivity index (χ4n) is 3.35. The molecule has 3 aromatic rings. The van der Waals surface area contributed by atoms with Gasteiger partial charge in [0, 0.05) is 16.8 Å². The number of thiophene rings is 1. The van der Waals surface area contributed by atoms with Crippen LogP contribution in [-0.2, 0) is 9.53 Å². The highest BCUT2D eigenvalue weighted by atomic mass is 32.1. The molecular weight excluding hydrogens is 337 g/mol. The van der Waals surface area contributed by atoms with Crippen molar-refractivity contribution in [1.29, 1.82) is 0 Å². The van der Waals surface area contributed by atoms with Crippen LogP contribution in [0.1, 0.15) is 27.7 Å². The third-order valence-corrected chi connectivity index (χ3v) is 5.43. The number of nitrogens with one attached hydrogen (secondary N) is 1. The van der Waals surface area contributed by atoms with Gasteiger partial charge in [0.15, 0.2) is 6.10 Å². The summed E-state index contributed by atoms with van der Waals surface area (Å²) in [6, 6.07) is 16.1. The highest BCUT2D eigenvalue weighted by molar-refractivity contribution is 7.10. The van der Waals surface area contributed by atoms with Gasteiger partial charge in [-0.25, -0.2) is 4.39 Å². The van der Waals surface area contributed by atoms with Crippen LogP contribution in [0.25, 0.3) is 11.3 Å². The summed E-state index contributed by atoms with van der Waals surface area (Å²) < 4.78 is 19.9. The first-order chi connectivity index (χ1) is 12.2. The molecule has 5 rings (SSSR count). The average Bonchev–Trinajstić information content (AvgIpc) is 3.29. The Hall–Kier alpha value is -2.92. The number of halogens is 1. The Morgan fingerprint density at radius 1 is 1.04 bits per heavy atom. The number of carbonyl (C=O) groups is 1. The minimum atomic E-state index is -0.378. The zero-order chi connectivity index (χ0) is 17.0. The second-order valence-electron chi connectivity index (χ2n) is 5.96. The van der Waals surface area contributed by atoms with Gasteiger partial charge in [-0.1, -0.05) is 30.3 Å². The van der Waals surface area contributed by atoms with Gasteiger partial charge in [-0.3, -0.25) is 4.79 Å². The Bertz CT molecular complexity index is 1040. The van der Waals surface area contributed by atoms with Crippen LogP contribution in [0.15, 0.2) is 60.0 Å². The predicted octanol–water partition coefficient (Wildman–Crippen LogP) is 4.83. The van der Waals surface area contributed by atoms with Crippen LogP contribution in [-0.4, -0.2) is 5.91 Å². The molecule has 2 aliphatic rings. The van der Waals surface area contributed by atoms with E-state index in [1.165, 1.54) is 12.1 Å². The predicted molar refractivity (Wildman–Crippen MR) is 95.5 cm³/mol. The lowest BCUT2D eigenvalue weighted by molar-refractivity contribution is -0.110. The Balaban J connectivity index is 1.71. The average molecular weight is 349 g/mol. The summed E-state index contributed by atoms with van der Waals surface area (Å²) in [6.07, 6.45) is -0.246. The minimum Gasteiger partial charge on any atom is -0.479 e. The fourth-order valence-corrected chi connectivity index (χ4v) is 4.30. The number of hydrogen-bond acceptors (Lipinski definition) is 3. The molecular formula is C20H12FNO2S. The van der Waals surface area contributed by atoms with Crippen molar-refractivity contribution < 1.29 is 13.9 Å². The normalized spacial score (nSPS) is 20.8. The molecule has 2 aliphatic heterocycles. The van der Waals surface area contributed by atoms with Crippen molar-refractivity contribution in [2.45, 2.75) is 6.10 Å². The molecule has 0 bridgehead atoms. The number of benzene rings is 2. The fraction of sp³-hybridized carbons (Fsp3) is 0.0500. The maximum atomic E-state index is 13.7. The van der Waals surface area contributed by atoms with Gasteiger partial charge in [0.25, 0.3) is 5.91 Å². The van der Waals surface area contributed by atoms with E-state index in [1.54, 1.807) is 17.4 Å². The van der Waals surface area contributed by atoms with E-state index in [0.717, 1.165) is 16.0 Å². The molecule has 0 fully saturated rings. The van der Waals surface area contributed by atoms with E-state index in [9.17, 15) is 9.18 Å². The molecule has 1 N–H and O–H groups in total. The number of ether oxygens (including phenoxy) is 1. The van der Waals surface area contributed by atoms with Crippen LogP contribution in [0.3, 0.4) is 0 Å². The maximum absolute atomic E-state index is 13.7. The molecule has 3 nitrogen and oxygen atoms in total. The molecule has 0 saturated heterocycles. The monoisotopic (exact) mass is 349 g/mol. The molecule has 0 saturated carbocycles. The summed E-state index contributed by atoms with van der Waals surface area (Å²) in [5, 5.41) is 4.78. The topological polar surface area (TPSA) is 38.3 Å². The van der Waals surface area contributed by atoms with Crippen molar-refractivity contribution in [3.63, 3.8) is 0 Å². The quantitative estimate of drug-likeness (QED) is 0.639. The molecule has 122 valence electrons. The van der Waals surface area contributed by atoms with E-state index >= 15 is 0 Å². The summed E-state index contributed by atoms with van der Waals surface area (Å²) in [4.78, 5) is 13.6. The molecule has 0 radical (unpaired) electrons. The summed E-state index contributed by atoms with van der Waals surface area (Å²) >= 11 is 1.60. The zero-order valence-corrected chi connectivity index (χ0v) is 13.8. The number of fused-ring (bicyclic) bond motifs is 2. The van der Waals surface area contributed by atoms with Crippen molar-refractivity contribution in [3.05, 3.63) is 87.4 Å². The molecule has 1 atom stereocenters. The maximum Gasteiger partial charge on any atom is 0.260 e. The molecule has 0 aliphatic carbocycles. The lowest BCUT2D eigenvalue weighted by atomic mass is 10.0. The SMILES string of the molecule is O=C1Nc2ccc(F)cc2/C1=C1\OC(c2ccccc2)c2sccc21. The molecule has 3 heterocycles. The summed E-state index contributed by atoms with van der Waals surface area (Å²) in [7, 11) is 0. The van der Waals surface area contributed by atoms with Gasteiger partial charge in [0.2, 0.25) is 0 Å². The Morgan fingerprint density at radius 2 is 1.88 bits per heavy atom. The lowest BCUT2D eigenvalue weighted by Crippen LogP contribution is -2.06. The van der Waals surface area contributed by atoms with E-state index in [2.05, 4.69) is 5.32 Å². The van der Waals surface area contributed by atoms with Crippen LogP contribution in [0.2, 0.25) is 0 Å². The van der Waals surface area contributed by atoms with Crippen LogP contribution >= 0.6 is 11.3 Å². The molecule has 1 aromatic heterocycles. The Kier molecular flexibility index (Phi) is 3.05. The Morgan fingerprint density at radius 3 is 2.72 bits per heavy atom. The molecule has 5 heteroatoms. The van der Waals surface area contributed by atoms with E-state index < -0.39 is 0 Å².